The number of alkyl halides is 1. The van der Waals surface area contributed by atoms with E-state index in [1.54, 1.807) is 6.92 Å². The molecule has 1 saturated heterocycles. The smallest absolute Gasteiger partial charge is 0.412 e. The van der Waals surface area contributed by atoms with Crippen molar-refractivity contribution in [3.63, 3.8) is 0 Å². The molecule has 0 N–H and O–H groups in total. The Labute approximate surface area is 94.7 Å². The number of hydrogen-bond acceptors (Lipinski definition) is 3. The molecule has 1 aliphatic heterocycles. The topological polar surface area (TPSA) is 46.6 Å². The van der Waals surface area contributed by atoms with Crippen molar-refractivity contribution in [3.8, 4) is 0 Å². The van der Waals surface area contributed by atoms with Crippen molar-refractivity contribution in [1.82, 2.24) is 4.90 Å². The average Bonchev–Trinajstić information content (AvgIpc) is 2.17. The third-order valence-corrected chi connectivity index (χ3v) is 2.67. The van der Waals surface area contributed by atoms with Gasteiger partial charge in [-0.15, -0.1) is 0 Å². The van der Waals surface area contributed by atoms with Gasteiger partial charge in [0.15, 0.2) is 0 Å². The molecule has 0 aromatic carbocycles. The second-order valence-electron chi connectivity index (χ2n) is 4.12. The van der Waals surface area contributed by atoms with Crippen LogP contribution in [0.4, 0.5) is 9.18 Å². The zero-order valence-corrected chi connectivity index (χ0v) is 9.74. The van der Waals surface area contributed by atoms with Crippen LogP contribution in [0.5, 0.6) is 0 Å². The summed E-state index contributed by atoms with van der Waals surface area (Å²) in [7, 11) is 0. The number of halogens is 1. The summed E-state index contributed by atoms with van der Waals surface area (Å²) < 4.78 is 17.7. The van der Waals surface area contributed by atoms with Gasteiger partial charge in [-0.1, -0.05) is 6.92 Å². The summed E-state index contributed by atoms with van der Waals surface area (Å²) in [5.74, 6) is 0.141. The first-order valence-corrected chi connectivity index (χ1v) is 5.67. The highest BCUT2D eigenvalue weighted by Gasteiger charge is 2.29. The van der Waals surface area contributed by atoms with Gasteiger partial charge in [0, 0.05) is 31.8 Å². The second kappa shape index (κ2) is 5.82. The molecule has 0 aromatic rings. The lowest BCUT2D eigenvalue weighted by atomic mass is 10.0. The van der Waals surface area contributed by atoms with E-state index < -0.39 is 12.5 Å². The molecular weight excluding hydrogens is 213 g/mol. The average molecular weight is 231 g/mol. The van der Waals surface area contributed by atoms with E-state index >= 15 is 0 Å². The van der Waals surface area contributed by atoms with Gasteiger partial charge < -0.3 is 9.64 Å². The minimum Gasteiger partial charge on any atom is -0.415 e. The minimum atomic E-state index is -1.54. The molecule has 4 nitrogen and oxygen atoms in total. The maximum atomic E-state index is 13.1. The lowest BCUT2D eigenvalue weighted by Gasteiger charge is -2.32. The molecule has 0 saturated carbocycles. The number of amides is 1. The monoisotopic (exact) mass is 231 g/mol. The fourth-order valence-electron chi connectivity index (χ4n) is 1.74. The number of piperidine rings is 1. The highest BCUT2D eigenvalue weighted by molar-refractivity contribution is 5.82. The number of Topliss-reactive ketones (excluding diaryl/α,β-unsaturated/α-hetero) is 1. The van der Waals surface area contributed by atoms with Crippen molar-refractivity contribution in [1.29, 1.82) is 0 Å². The number of carbonyl (C=O) groups excluding carboxylic acids is 2. The van der Waals surface area contributed by atoms with Crippen LogP contribution < -0.4 is 0 Å². The Hall–Kier alpha value is -1.13. The van der Waals surface area contributed by atoms with Gasteiger partial charge in [-0.25, -0.2) is 9.18 Å². The lowest BCUT2D eigenvalue weighted by Crippen LogP contribution is -2.45. The Morgan fingerprint density at radius 2 is 2.38 bits per heavy atom. The van der Waals surface area contributed by atoms with E-state index in [1.807, 2.05) is 6.92 Å². The van der Waals surface area contributed by atoms with Crippen LogP contribution in [-0.4, -0.2) is 35.7 Å². The zero-order chi connectivity index (χ0) is 12.1. The molecule has 1 aliphatic rings. The molecule has 1 fully saturated rings. The molecule has 0 spiro atoms. The summed E-state index contributed by atoms with van der Waals surface area (Å²) in [6.07, 6.45) is -0.678. The van der Waals surface area contributed by atoms with Gasteiger partial charge >= 0.3 is 6.09 Å². The van der Waals surface area contributed by atoms with Crippen LogP contribution in [-0.2, 0) is 9.53 Å². The van der Waals surface area contributed by atoms with Gasteiger partial charge in [0.2, 0.25) is 6.36 Å². The first-order chi connectivity index (χ1) is 7.54. The van der Waals surface area contributed by atoms with Crippen LogP contribution in [0, 0.1) is 0 Å². The Bertz CT molecular complexity index is 270. The minimum absolute atomic E-state index is 0.141. The largest absolute Gasteiger partial charge is 0.415 e. The van der Waals surface area contributed by atoms with Crippen molar-refractivity contribution >= 4 is 11.9 Å². The SMILES string of the molecule is CCCC(F)OC(=O)N1CCC(=O)CC1C. The van der Waals surface area contributed by atoms with E-state index in [-0.39, 0.29) is 18.2 Å². The molecule has 1 amide bonds. The summed E-state index contributed by atoms with van der Waals surface area (Å²) in [5.41, 5.74) is 0. The number of ketones is 1. The van der Waals surface area contributed by atoms with Gasteiger partial charge in [0.25, 0.3) is 0 Å². The number of hydrogen-bond donors (Lipinski definition) is 0. The molecule has 92 valence electrons. The van der Waals surface area contributed by atoms with E-state index in [9.17, 15) is 14.0 Å². The number of carbonyl (C=O) groups is 2. The van der Waals surface area contributed by atoms with Crippen LogP contribution in [0.3, 0.4) is 0 Å². The first-order valence-electron chi connectivity index (χ1n) is 5.67. The van der Waals surface area contributed by atoms with Gasteiger partial charge in [0.1, 0.15) is 5.78 Å². The molecule has 1 heterocycles. The number of nitrogens with zero attached hydrogens (tertiary/aromatic N) is 1. The van der Waals surface area contributed by atoms with E-state index in [0.717, 1.165) is 0 Å². The molecule has 0 bridgehead atoms. The summed E-state index contributed by atoms with van der Waals surface area (Å²) in [4.78, 5) is 24.1. The van der Waals surface area contributed by atoms with Crippen LogP contribution in [0.1, 0.15) is 39.5 Å². The third kappa shape index (κ3) is 3.47. The fourth-order valence-corrected chi connectivity index (χ4v) is 1.74. The molecule has 2 unspecified atom stereocenters. The molecule has 16 heavy (non-hydrogen) atoms. The van der Waals surface area contributed by atoms with Crippen LogP contribution in [0.2, 0.25) is 0 Å². The van der Waals surface area contributed by atoms with E-state index in [1.165, 1.54) is 4.90 Å². The number of ether oxygens (including phenoxy) is 1. The highest BCUT2D eigenvalue weighted by Crippen LogP contribution is 2.16. The van der Waals surface area contributed by atoms with Crippen molar-refractivity contribution in [3.05, 3.63) is 0 Å². The Balaban J connectivity index is 2.44. The molecule has 0 aromatic heterocycles. The van der Waals surface area contributed by atoms with Crippen LogP contribution >= 0.6 is 0 Å². The molecule has 2 atom stereocenters. The molecule has 0 radical (unpaired) electrons. The molecular formula is C11H18FNO3. The maximum Gasteiger partial charge on any atom is 0.412 e. The first kappa shape index (κ1) is 12.9. The molecule has 5 heteroatoms. The predicted octanol–water partition coefficient (Wildman–Crippen LogP) is 2.27. The van der Waals surface area contributed by atoms with Crippen LogP contribution in [0.25, 0.3) is 0 Å². The number of likely N-dealkylation sites (tertiary alicyclic amines) is 1. The highest BCUT2D eigenvalue weighted by atomic mass is 19.1. The van der Waals surface area contributed by atoms with Gasteiger partial charge in [0.05, 0.1) is 0 Å². The number of rotatable bonds is 3. The quantitative estimate of drug-likeness (QED) is 0.748. The predicted molar refractivity (Wildman–Crippen MR) is 56.7 cm³/mol. The molecule has 0 aliphatic carbocycles. The van der Waals surface area contributed by atoms with Gasteiger partial charge in [-0.3, -0.25) is 4.79 Å². The fraction of sp³-hybridized carbons (Fsp3) is 0.818. The normalized spacial score (nSPS) is 23.1. The van der Waals surface area contributed by atoms with Crippen molar-refractivity contribution in [2.24, 2.45) is 0 Å². The lowest BCUT2D eigenvalue weighted by molar-refractivity contribution is -0.122. The van der Waals surface area contributed by atoms with E-state index in [4.69, 9.17) is 0 Å². The molecule has 1 rings (SSSR count). The second-order valence-corrected chi connectivity index (χ2v) is 4.12. The zero-order valence-electron chi connectivity index (χ0n) is 9.74. The summed E-state index contributed by atoms with van der Waals surface area (Å²) in [5, 5.41) is 0. The maximum absolute atomic E-state index is 13.1. The summed E-state index contributed by atoms with van der Waals surface area (Å²) >= 11 is 0. The van der Waals surface area contributed by atoms with Gasteiger partial charge in [-0.05, 0) is 13.3 Å². The van der Waals surface area contributed by atoms with E-state index in [2.05, 4.69) is 4.74 Å². The standard InChI is InChI=1S/C11H18FNO3/c1-3-4-10(12)16-11(15)13-6-5-9(14)7-8(13)2/h8,10H,3-7H2,1-2H3. The summed E-state index contributed by atoms with van der Waals surface area (Å²) in [6, 6.07) is -0.192. The van der Waals surface area contributed by atoms with Crippen molar-refractivity contribution < 1.29 is 18.7 Å². The van der Waals surface area contributed by atoms with Gasteiger partial charge in [-0.2, -0.15) is 0 Å². The third-order valence-electron chi connectivity index (χ3n) is 2.67. The Morgan fingerprint density at radius 1 is 1.69 bits per heavy atom. The van der Waals surface area contributed by atoms with Crippen LogP contribution in [0.15, 0.2) is 0 Å². The van der Waals surface area contributed by atoms with E-state index in [0.29, 0.717) is 25.8 Å². The Kier molecular flexibility index (Phi) is 4.71. The van der Waals surface area contributed by atoms with Crippen molar-refractivity contribution in [2.45, 2.75) is 51.9 Å². The Morgan fingerprint density at radius 3 is 2.94 bits per heavy atom. The summed E-state index contributed by atoms with van der Waals surface area (Å²) in [6.45, 7) is 3.92. The van der Waals surface area contributed by atoms with Crippen molar-refractivity contribution in [2.75, 3.05) is 6.54 Å².